The predicted octanol–water partition coefficient (Wildman–Crippen LogP) is 1.32. The van der Waals surface area contributed by atoms with Crippen molar-refractivity contribution in [3.63, 3.8) is 0 Å². The Morgan fingerprint density at radius 3 is 2.33 bits per heavy atom. The molecule has 0 saturated carbocycles. The number of unbranched alkanes of at least 4 members (excludes halogenated alkanes) is 2. The average molecular weight is 137 g/mol. The van der Waals surface area contributed by atoms with Crippen LogP contribution in [-0.4, -0.2) is 35.3 Å². The van der Waals surface area contributed by atoms with Crippen molar-refractivity contribution in [1.29, 1.82) is 0 Å². The number of hydrogen-bond donors (Lipinski definition) is 0. The van der Waals surface area contributed by atoms with Crippen LogP contribution in [0.2, 0.25) is 0 Å². The van der Waals surface area contributed by atoms with Gasteiger partial charge in [-0.25, -0.2) is 0 Å². The first-order valence-electron chi connectivity index (χ1n) is 3.12. The summed E-state index contributed by atoms with van der Waals surface area (Å²) in [5.41, 5.74) is 0. The Morgan fingerprint density at radius 2 is 2.00 bits per heavy atom. The van der Waals surface area contributed by atoms with Crippen LogP contribution in [0.5, 0.6) is 0 Å². The molecular weight excluding hydrogens is 123 g/mol. The van der Waals surface area contributed by atoms with Gasteiger partial charge in [0.25, 0.3) is 0 Å². The van der Waals surface area contributed by atoms with Crippen LogP contribution < -0.4 is 0 Å². The molecular formula is C7H14NaO. The SMILES string of the molecule is [CH2]C(=O)CCCCC.[NaH]. The summed E-state index contributed by atoms with van der Waals surface area (Å²) < 4.78 is 0. The zero-order chi connectivity index (χ0) is 6.41. The molecule has 0 aromatic carbocycles. The molecule has 0 bridgehead atoms. The fourth-order valence-electron chi connectivity index (χ4n) is 0.572. The molecule has 0 saturated heterocycles. The molecule has 9 heavy (non-hydrogen) atoms. The van der Waals surface area contributed by atoms with Crippen LogP contribution in [0.15, 0.2) is 0 Å². The van der Waals surface area contributed by atoms with E-state index in [1.165, 1.54) is 6.42 Å². The zero-order valence-electron chi connectivity index (χ0n) is 5.44. The van der Waals surface area contributed by atoms with Crippen LogP contribution in [-0.2, 0) is 4.79 Å². The van der Waals surface area contributed by atoms with Gasteiger partial charge in [0.05, 0.1) is 0 Å². The van der Waals surface area contributed by atoms with E-state index in [1.54, 1.807) is 0 Å². The molecule has 0 aliphatic heterocycles. The van der Waals surface area contributed by atoms with E-state index >= 15 is 0 Å². The maximum atomic E-state index is 10.2. The summed E-state index contributed by atoms with van der Waals surface area (Å²) in [5.74, 6) is 0.0680. The molecule has 0 aromatic rings. The number of rotatable bonds is 4. The van der Waals surface area contributed by atoms with E-state index in [2.05, 4.69) is 13.8 Å². The summed E-state index contributed by atoms with van der Waals surface area (Å²) in [7, 11) is 0. The Labute approximate surface area is 79.5 Å². The van der Waals surface area contributed by atoms with Gasteiger partial charge in [-0.3, -0.25) is 4.79 Å². The second-order valence-corrected chi connectivity index (χ2v) is 2.00. The van der Waals surface area contributed by atoms with Crippen LogP contribution in [0.3, 0.4) is 0 Å². The Morgan fingerprint density at radius 1 is 1.44 bits per heavy atom. The Hall–Kier alpha value is 0.670. The van der Waals surface area contributed by atoms with Crippen molar-refractivity contribution < 1.29 is 4.79 Å². The number of ketones is 1. The monoisotopic (exact) mass is 137 g/mol. The van der Waals surface area contributed by atoms with E-state index in [1.807, 2.05) is 0 Å². The van der Waals surface area contributed by atoms with Crippen LogP contribution in [0, 0.1) is 6.92 Å². The van der Waals surface area contributed by atoms with Crippen molar-refractivity contribution in [1.82, 2.24) is 0 Å². The van der Waals surface area contributed by atoms with Gasteiger partial charge in [0, 0.05) is 13.3 Å². The van der Waals surface area contributed by atoms with Crippen molar-refractivity contribution >= 4 is 35.3 Å². The third kappa shape index (κ3) is 12.0. The minimum atomic E-state index is 0. The van der Waals surface area contributed by atoms with Gasteiger partial charge < -0.3 is 0 Å². The van der Waals surface area contributed by atoms with Crippen LogP contribution >= 0.6 is 0 Å². The second-order valence-electron chi connectivity index (χ2n) is 2.00. The topological polar surface area (TPSA) is 17.1 Å². The molecule has 0 amide bonds. The second kappa shape index (κ2) is 8.67. The van der Waals surface area contributed by atoms with Crippen LogP contribution in [0.4, 0.5) is 0 Å². The summed E-state index contributed by atoms with van der Waals surface area (Å²) in [4.78, 5) is 10.2. The van der Waals surface area contributed by atoms with Gasteiger partial charge in [0.2, 0.25) is 0 Å². The van der Waals surface area contributed by atoms with Gasteiger partial charge in [-0.1, -0.05) is 19.8 Å². The molecule has 49 valence electrons. The van der Waals surface area contributed by atoms with Gasteiger partial charge >= 0.3 is 29.6 Å². The molecule has 0 N–H and O–H groups in total. The summed E-state index contributed by atoms with van der Waals surface area (Å²) >= 11 is 0. The number of hydrogen-bond acceptors (Lipinski definition) is 1. The summed E-state index contributed by atoms with van der Waals surface area (Å²) in [6, 6.07) is 0. The van der Waals surface area contributed by atoms with Gasteiger partial charge in [-0.15, -0.1) is 0 Å². The predicted molar refractivity (Wildman–Crippen MR) is 41.7 cm³/mol. The third-order valence-electron chi connectivity index (χ3n) is 1.06. The normalized spacial score (nSPS) is 8.22. The van der Waals surface area contributed by atoms with E-state index in [-0.39, 0.29) is 35.3 Å². The summed E-state index contributed by atoms with van der Waals surface area (Å²) in [5, 5.41) is 0. The van der Waals surface area contributed by atoms with Gasteiger partial charge in [-0.05, 0) is 6.42 Å². The minimum absolute atomic E-state index is 0. The fraction of sp³-hybridized carbons (Fsp3) is 0.714. The van der Waals surface area contributed by atoms with E-state index in [0.717, 1.165) is 12.8 Å². The molecule has 0 aromatic heterocycles. The van der Waals surface area contributed by atoms with Crippen molar-refractivity contribution in [2.24, 2.45) is 0 Å². The Bertz CT molecular complexity index is 71.3. The van der Waals surface area contributed by atoms with Gasteiger partial charge in [-0.2, -0.15) is 0 Å². The quantitative estimate of drug-likeness (QED) is 0.422. The molecule has 1 nitrogen and oxygen atoms in total. The molecule has 0 spiro atoms. The average Bonchev–Trinajstić information content (AvgIpc) is 1.66. The number of carbonyl (C=O) groups is 1. The molecule has 0 unspecified atom stereocenters. The Balaban J connectivity index is 0. The van der Waals surface area contributed by atoms with Crippen molar-refractivity contribution in [3.05, 3.63) is 6.92 Å². The summed E-state index contributed by atoms with van der Waals surface area (Å²) in [6.45, 7) is 5.39. The van der Waals surface area contributed by atoms with E-state index < -0.39 is 0 Å². The first kappa shape index (κ1) is 12.4. The Kier molecular flexibility index (Phi) is 11.9. The zero-order valence-corrected chi connectivity index (χ0v) is 5.44. The van der Waals surface area contributed by atoms with Gasteiger partial charge in [0.15, 0.2) is 0 Å². The number of carbonyl (C=O) groups excluding carboxylic acids is 1. The molecule has 1 radical (unpaired) electrons. The van der Waals surface area contributed by atoms with Crippen LogP contribution in [0.1, 0.15) is 32.6 Å². The van der Waals surface area contributed by atoms with Crippen molar-refractivity contribution in [3.8, 4) is 0 Å². The fourth-order valence-corrected chi connectivity index (χ4v) is 0.572. The van der Waals surface area contributed by atoms with Crippen molar-refractivity contribution in [2.75, 3.05) is 0 Å². The van der Waals surface area contributed by atoms with E-state index in [0.29, 0.717) is 6.42 Å². The summed E-state index contributed by atoms with van der Waals surface area (Å²) in [6.07, 6.45) is 4.00. The standard InChI is InChI=1S/C7H13O.Na.H/c1-3-4-5-6-7(2)8;;/h2-6H2,1H3;;. The molecule has 0 rings (SSSR count). The molecule has 0 heterocycles. The molecule has 2 heteroatoms. The molecule has 0 fully saturated rings. The number of Topliss-reactive ketones (excluding diaryl/α,β-unsaturated/α-hetero) is 1. The van der Waals surface area contributed by atoms with E-state index in [4.69, 9.17) is 0 Å². The van der Waals surface area contributed by atoms with Crippen LogP contribution in [0.25, 0.3) is 0 Å². The van der Waals surface area contributed by atoms with Gasteiger partial charge in [0.1, 0.15) is 5.78 Å². The molecule has 0 aliphatic carbocycles. The van der Waals surface area contributed by atoms with Crippen molar-refractivity contribution in [2.45, 2.75) is 32.6 Å². The molecule has 0 aliphatic rings. The maximum absolute atomic E-state index is 10.2. The first-order valence-corrected chi connectivity index (χ1v) is 3.12. The first-order chi connectivity index (χ1) is 3.77. The third-order valence-corrected chi connectivity index (χ3v) is 1.06. The van der Waals surface area contributed by atoms with E-state index in [9.17, 15) is 4.79 Å². The molecule has 0 atom stereocenters.